The van der Waals surface area contributed by atoms with Gasteiger partial charge in [0.2, 0.25) is 11.8 Å². The van der Waals surface area contributed by atoms with Crippen LogP contribution in [-0.2, 0) is 19.5 Å². The second-order valence-electron chi connectivity index (χ2n) is 6.05. The Bertz CT molecular complexity index is 843. The number of hydrogen-bond donors (Lipinski definition) is 1. The Labute approximate surface area is 151 Å². The number of amides is 1. The molecule has 0 spiro atoms. The van der Waals surface area contributed by atoms with Crippen molar-refractivity contribution in [2.75, 3.05) is 13.6 Å². The molecule has 0 bridgehead atoms. The van der Waals surface area contributed by atoms with Gasteiger partial charge < -0.3 is 14.3 Å². The van der Waals surface area contributed by atoms with E-state index >= 15 is 0 Å². The molecule has 0 unspecified atom stereocenters. The quantitative estimate of drug-likeness (QED) is 0.660. The fourth-order valence-electron chi connectivity index (χ4n) is 2.46. The molecular weight excluding hydrogens is 334 g/mol. The fourth-order valence-corrected chi connectivity index (χ4v) is 2.46. The Morgan fingerprint density at radius 1 is 1.23 bits per heavy atom. The minimum absolute atomic E-state index is 0.152. The summed E-state index contributed by atoms with van der Waals surface area (Å²) in [6, 6.07) is 11.9. The van der Waals surface area contributed by atoms with Crippen molar-refractivity contribution >= 4 is 5.91 Å². The van der Waals surface area contributed by atoms with Crippen molar-refractivity contribution in [2.45, 2.75) is 26.4 Å². The third kappa shape index (κ3) is 5.00. The van der Waals surface area contributed by atoms with Crippen molar-refractivity contribution in [3.05, 3.63) is 65.2 Å². The largest absolute Gasteiger partial charge is 0.424 e. The molecule has 1 aromatic carbocycles. The Morgan fingerprint density at radius 2 is 2.04 bits per heavy atom. The van der Waals surface area contributed by atoms with E-state index in [-0.39, 0.29) is 18.1 Å². The Morgan fingerprint density at radius 3 is 2.77 bits per heavy atom. The van der Waals surface area contributed by atoms with Crippen LogP contribution in [0.25, 0.3) is 0 Å². The van der Waals surface area contributed by atoms with Crippen LogP contribution in [0.2, 0.25) is 0 Å². The van der Waals surface area contributed by atoms with Crippen molar-refractivity contribution in [2.24, 2.45) is 0 Å². The van der Waals surface area contributed by atoms with Gasteiger partial charge in [-0.25, -0.2) is 0 Å². The number of aromatic nitrogens is 3. The van der Waals surface area contributed by atoms with Crippen LogP contribution >= 0.6 is 0 Å². The van der Waals surface area contributed by atoms with Crippen LogP contribution < -0.4 is 5.32 Å². The molecule has 3 rings (SSSR count). The Kier molecular flexibility index (Phi) is 5.75. The van der Waals surface area contributed by atoms with Crippen molar-refractivity contribution in [3.63, 3.8) is 0 Å². The van der Waals surface area contributed by atoms with E-state index < -0.39 is 0 Å². The predicted octanol–water partition coefficient (Wildman–Crippen LogP) is 1.97. The molecule has 0 atom stereocenters. The van der Waals surface area contributed by atoms with Crippen LogP contribution in [0.15, 0.2) is 45.3 Å². The molecule has 0 fully saturated rings. The van der Waals surface area contributed by atoms with Crippen LogP contribution in [-0.4, -0.2) is 39.8 Å². The number of carbonyl (C=O) groups excluding carboxylic acids is 1. The first kappa shape index (κ1) is 17.8. The lowest BCUT2D eigenvalue weighted by Gasteiger charge is -2.14. The zero-order valence-corrected chi connectivity index (χ0v) is 14.8. The van der Waals surface area contributed by atoms with Gasteiger partial charge in [0.05, 0.1) is 13.1 Å². The summed E-state index contributed by atoms with van der Waals surface area (Å²) in [5, 5.41) is 14.0. The molecule has 8 nitrogen and oxygen atoms in total. The molecule has 26 heavy (non-hydrogen) atoms. The molecule has 2 heterocycles. The molecule has 0 aliphatic rings. The van der Waals surface area contributed by atoms with Crippen LogP contribution in [0, 0.1) is 6.92 Å². The number of carbonyl (C=O) groups is 1. The van der Waals surface area contributed by atoms with Crippen LogP contribution in [0.1, 0.15) is 33.6 Å². The zero-order chi connectivity index (χ0) is 18.4. The highest BCUT2D eigenvalue weighted by Gasteiger charge is 2.14. The monoisotopic (exact) mass is 355 g/mol. The second kappa shape index (κ2) is 8.39. The summed E-state index contributed by atoms with van der Waals surface area (Å²) in [5.74, 6) is 1.10. The number of nitrogens with one attached hydrogen (secondary N) is 1. The molecule has 0 saturated heterocycles. The van der Waals surface area contributed by atoms with Gasteiger partial charge in [0.1, 0.15) is 0 Å². The van der Waals surface area contributed by atoms with Gasteiger partial charge in [-0.3, -0.25) is 9.69 Å². The summed E-state index contributed by atoms with van der Waals surface area (Å²) in [7, 11) is 2.00. The van der Waals surface area contributed by atoms with Crippen molar-refractivity contribution < 1.29 is 13.7 Å². The number of likely N-dealkylation sites (N-methyl/N-ethyl adjacent to an activating group) is 1. The summed E-state index contributed by atoms with van der Waals surface area (Å²) < 4.78 is 10.5. The van der Waals surface area contributed by atoms with Gasteiger partial charge in [-0.05, 0) is 19.0 Å². The van der Waals surface area contributed by atoms with E-state index in [2.05, 4.69) is 37.7 Å². The minimum atomic E-state index is -0.345. The standard InChI is InChI=1S/C18H21N5O3/c1-13-20-21-17(25-13)11-19-18(24)16-10-15(26-22-16)12-23(2)9-8-14-6-4-3-5-7-14/h3-7,10H,8-9,11-12H2,1-2H3,(H,19,24). The summed E-state index contributed by atoms with van der Waals surface area (Å²) in [5.41, 5.74) is 1.51. The highest BCUT2D eigenvalue weighted by atomic mass is 16.5. The Balaban J connectivity index is 1.46. The zero-order valence-electron chi connectivity index (χ0n) is 14.8. The third-order valence-electron chi connectivity index (χ3n) is 3.81. The first-order valence-corrected chi connectivity index (χ1v) is 8.35. The first-order chi connectivity index (χ1) is 12.6. The summed E-state index contributed by atoms with van der Waals surface area (Å²) in [4.78, 5) is 14.2. The maximum atomic E-state index is 12.1. The van der Waals surface area contributed by atoms with Crippen LogP contribution in [0.4, 0.5) is 0 Å². The van der Waals surface area contributed by atoms with Crippen molar-refractivity contribution in [3.8, 4) is 0 Å². The molecule has 1 amide bonds. The molecule has 136 valence electrons. The van der Waals surface area contributed by atoms with Crippen molar-refractivity contribution in [1.82, 2.24) is 25.6 Å². The average Bonchev–Trinajstić information content (AvgIpc) is 3.28. The van der Waals surface area contributed by atoms with Gasteiger partial charge in [0.15, 0.2) is 11.5 Å². The number of benzene rings is 1. The molecular formula is C18H21N5O3. The van der Waals surface area contributed by atoms with Crippen LogP contribution in [0.5, 0.6) is 0 Å². The first-order valence-electron chi connectivity index (χ1n) is 8.35. The fraction of sp³-hybridized carbons (Fsp3) is 0.333. The highest BCUT2D eigenvalue weighted by molar-refractivity contribution is 5.92. The van der Waals surface area contributed by atoms with E-state index in [1.54, 1.807) is 13.0 Å². The van der Waals surface area contributed by atoms with Gasteiger partial charge in [-0.15, -0.1) is 10.2 Å². The second-order valence-corrected chi connectivity index (χ2v) is 6.05. The third-order valence-corrected chi connectivity index (χ3v) is 3.81. The van der Waals surface area contributed by atoms with E-state index in [4.69, 9.17) is 8.94 Å². The maximum absolute atomic E-state index is 12.1. The van der Waals surface area contributed by atoms with Gasteiger partial charge >= 0.3 is 0 Å². The number of aryl methyl sites for hydroxylation is 1. The van der Waals surface area contributed by atoms with E-state index in [0.717, 1.165) is 13.0 Å². The molecule has 0 radical (unpaired) electrons. The lowest BCUT2D eigenvalue weighted by molar-refractivity contribution is 0.0938. The van der Waals surface area contributed by atoms with E-state index in [1.165, 1.54) is 5.56 Å². The molecule has 3 aromatic rings. The topological polar surface area (TPSA) is 97.3 Å². The smallest absolute Gasteiger partial charge is 0.273 e. The molecule has 0 saturated carbocycles. The van der Waals surface area contributed by atoms with Gasteiger partial charge in [0.25, 0.3) is 5.91 Å². The molecule has 0 aliphatic carbocycles. The van der Waals surface area contributed by atoms with Crippen molar-refractivity contribution in [1.29, 1.82) is 0 Å². The molecule has 8 heteroatoms. The normalized spacial score (nSPS) is 11.0. The lowest BCUT2D eigenvalue weighted by Crippen LogP contribution is -2.23. The molecule has 0 aliphatic heterocycles. The van der Waals surface area contributed by atoms with E-state index in [0.29, 0.717) is 24.1 Å². The summed E-state index contributed by atoms with van der Waals surface area (Å²) in [6.07, 6.45) is 0.947. The average molecular weight is 355 g/mol. The summed E-state index contributed by atoms with van der Waals surface area (Å²) >= 11 is 0. The van der Waals surface area contributed by atoms with Crippen LogP contribution in [0.3, 0.4) is 0 Å². The highest BCUT2D eigenvalue weighted by Crippen LogP contribution is 2.08. The number of nitrogens with zero attached hydrogens (tertiary/aromatic N) is 4. The SMILES string of the molecule is Cc1nnc(CNC(=O)c2cc(CN(C)CCc3ccccc3)on2)o1. The maximum Gasteiger partial charge on any atom is 0.273 e. The number of rotatable bonds is 8. The predicted molar refractivity (Wildman–Crippen MR) is 93.2 cm³/mol. The summed E-state index contributed by atoms with van der Waals surface area (Å²) in [6.45, 7) is 3.30. The van der Waals surface area contributed by atoms with Gasteiger partial charge in [-0.2, -0.15) is 0 Å². The molecule has 2 aromatic heterocycles. The lowest BCUT2D eigenvalue weighted by atomic mass is 10.1. The van der Waals surface area contributed by atoms with E-state index in [9.17, 15) is 4.79 Å². The van der Waals surface area contributed by atoms with Gasteiger partial charge in [-0.1, -0.05) is 35.5 Å². The van der Waals surface area contributed by atoms with Gasteiger partial charge in [0, 0.05) is 19.5 Å². The van der Waals surface area contributed by atoms with E-state index in [1.807, 2.05) is 25.2 Å². The molecule has 1 N–H and O–H groups in total. The minimum Gasteiger partial charge on any atom is -0.424 e. The Hall–Kier alpha value is -3.00. The number of hydrogen-bond acceptors (Lipinski definition) is 7.